The van der Waals surface area contributed by atoms with Gasteiger partial charge in [0.1, 0.15) is 5.82 Å². The monoisotopic (exact) mass is 358 g/mol. The lowest BCUT2D eigenvalue weighted by Gasteiger charge is -2.22. The number of benzene rings is 1. The van der Waals surface area contributed by atoms with Gasteiger partial charge in [-0.1, -0.05) is 19.9 Å². The molecule has 21 heavy (non-hydrogen) atoms. The van der Waals surface area contributed by atoms with E-state index < -0.39 is 5.82 Å². The summed E-state index contributed by atoms with van der Waals surface area (Å²) in [7, 11) is 0. The van der Waals surface area contributed by atoms with E-state index in [0.29, 0.717) is 13.1 Å². The molecule has 1 aromatic rings. The molecule has 0 aliphatic carbocycles. The van der Waals surface area contributed by atoms with Gasteiger partial charge in [-0.2, -0.15) is 0 Å². The molecule has 116 valence electrons. The number of halogens is 2. The minimum Gasteiger partial charge on any atom is -0.355 e. The third-order valence-corrected chi connectivity index (χ3v) is 3.68. The van der Waals surface area contributed by atoms with Crippen molar-refractivity contribution < 1.29 is 14.0 Å². The van der Waals surface area contributed by atoms with Crippen molar-refractivity contribution in [1.82, 2.24) is 10.2 Å². The molecular formula is C15H20BrFN2O2. The summed E-state index contributed by atoms with van der Waals surface area (Å²) in [5.41, 5.74) is 0.228. The van der Waals surface area contributed by atoms with Crippen LogP contribution in [0.4, 0.5) is 4.39 Å². The fraction of sp³-hybridized carbons (Fsp3) is 0.467. The first kappa shape index (κ1) is 17.6. The maximum absolute atomic E-state index is 13.5. The summed E-state index contributed by atoms with van der Waals surface area (Å²) < 4.78 is 13.7. The van der Waals surface area contributed by atoms with Crippen LogP contribution in [-0.2, 0) is 4.79 Å². The van der Waals surface area contributed by atoms with Crippen molar-refractivity contribution in [3.63, 3.8) is 0 Å². The molecule has 0 aliphatic rings. The van der Waals surface area contributed by atoms with Crippen molar-refractivity contribution in [1.29, 1.82) is 0 Å². The quantitative estimate of drug-likeness (QED) is 0.814. The average molecular weight is 359 g/mol. The Morgan fingerprint density at radius 2 is 2.00 bits per heavy atom. The fourth-order valence-corrected chi connectivity index (χ4v) is 2.29. The number of carbonyl (C=O) groups is 2. The van der Waals surface area contributed by atoms with Crippen LogP contribution in [0.25, 0.3) is 0 Å². The second kappa shape index (κ2) is 8.77. The molecule has 4 nitrogen and oxygen atoms in total. The zero-order chi connectivity index (χ0) is 15.8. The number of hydrogen-bond acceptors (Lipinski definition) is 2. The van der Waals surface area contributed by atoms with Crippen LogP contribution >= 0.6 is 15.9 Å². The number of nitrogens with zero attached hydrogens (tertiary/aromatic N) is 1. The number of amides is 2. The zero-order valence-electron chi connectivity index (χ0n) is 12.3. The standard InChI is InChI=1S/C15H20BrFN2O2/c1-3-8-18-13(20)10-19(9-4-2)15(21)11-6-5-7-12(17)14(11)16/h5-7H,3-4,8-10H2,1-2H3,(H,18,20). The Morgan fingerprint density at radius 3 is 2.62 bits per heavy atom. The summed E-state index contributed by atoms with van der Waals surface area (Å²) in [4.78, 5) is 25.7. The molecule has 0 fully saturated rings. The van der Waals surface area contributed by atoms with Crippen molar-refractivity contribution in [2.75, 3.05) is 19.6 Å². The van der Waals surface area contributed by atoms with Gasteiger partial charge in [-0.15, -0.1) is 0 Å². The molecule has 0 aromatic heterocycles. The molecule has 0 spiro atoms. The highest BCUT2D eigenvalue weighted by molar-refractivity contribution is 9.10. The van der Waals surface area contributed by atoms with E-state index in [0.717, 1.165) is 12.8 Å². The van der Waals surface area contributed by atoms with Gasteiger partial charge >= 0.3 is 0 Å². The predicted octanol–water partition coefficient (Wildman–Crippen LogP) is 2.97. The van der Waals surface area contributed by atoms with E-state index >= 15 is 0 Å². The summed E-state index contributed by atoms with van der Waals surface area (Å²) in [5.74, 6) is -1.05. The molecule has 0 aliphatic heterocycles. The normalized spacial score (nSPS) is 10.3. The first-order valence-electron chi connectivity index (χ1n) is 7.01. The summed E-state index contributed by atoms with van der Waals surface area (Å²) in [6.07, 6.45) is 1.56. The van der Waals surface area contributed by atoms with Gasteiger partial charge < -0.3 is 10.2 Å². The van der Waals surface area contributed by atoms with Crippen molar-refractivity contribution in [2.24, 2.45) is 0 Å². The summed E-state index contributed by atoms with van der Waals surface area (Å²) in [5, 5.41) is 2.73. The second-order valence-corrected chi connectivity index (χ2v) is 5.47. The summed E-state index contributed by atoms with van der Waals surface area (Å²) in [6, 6.07) is 4.30. The molecule has 1 aromatic carbocycles. The van der Waals surface area contributed by atoms with Gasteiger partial charge in [0.25, 0.3) is 5.91 Å². The highest BCUT2D eigenvalue weighted by Crippen LogP contribution is 2.22. The van der Waals surface area contributed by atoms with Gasteiger partial charge in [-0.05, 0) is 40.9 Å². The topological polar surface area (TPSA) is 49.4 Å². The Balaban J connectivity index is 2.86. The predicted molar refractivity (Wildman–Crippen MR) is 83.6 cm³/mol. The van der Waals surface area contributed by atoms with Gasteiger partial charge in [0.2, 0.25) is 5.91 Å². The zero-order valence-corrected chi connectivity index (χ0v) is 13.9. The molecule has 0 radical (unpaired) electrons. The molecule has 1 rings (SSSR count). The Kier molecular flexibility index (Phi) is 7.36. The van der Waals surface area contributed by atoms with E-state index in [1.807, 2.05) is 13.8 Å². The SMILES string of the molecule is CCCNC(=O)CN(CCC)C(=O)c1cccc(F)c1Br. The maximum atomic E-state index is 13.5. The van der Waals surface area contributed by atoms with Crippen molar-refractivity contribution in [3.05, 3.63) is 34.1 Å². The number of rotatable bonds is 7. The molecule has 6 heteroatoms. The van der Waals surface area contributed by atoms with Crippen LogP contribution in [0.1, 0.15) is 37.0 Å². The molecule has 0 saturated carbocycles. The summed E-state index contributed by atoms with van der Waals surface area (Å²) in [6.45, 7) is 4.89. The van der Waals surface area contributed by atoms with Crippen LogP contribution in [0.2, 0.25) is 0 Å². The van der Waals surface area contributed by atoms with E-state index in [1.165, 1.54) is 17.0 Å². The lowest BCUT2D eigenvalue weighted by Crippen LogP contribution is -2.41. The van der Waals surface area contributed by atoms with Crippen LogP contribution < -0.4 is 5.32 Å². The van der Waals surface area contributed by atoms with Gasteiger partial charge in [0, 0.05) is 13.1 Å². The molecule has 0 atom stereocenters. The highest BCUT2D eigenvalue weighted by atomic mass is 79.9. The first-order chi connectivity index (χ1) is 10.0. The Morgan fingerprint density at radius 1 is 1.29 bits per heavy atom. The lowest BCUT2D eigenvalue weighted by atomic mass is 10.2. The van der Waals surface area contributed by atoms with E-state index in [1.54, 1.807) is 6.07 Å². The fourth-order valence-electron chi connectivity index (χ4n) is 1.86. The Bertz CT molecular complexity index is 508. The smallest absolute Gasteiger partial charge is 0.255 e. The minimum atomic E-state index is -0.493. The van der Waals surface area contributed by atoms with Crippen molar-refractivity contribution >= 4 is 27.7 Å². The van der Waals surface area contributed by atoms with Crippen LogP contribution in [0, 0.1) is 5.82 Å². The van der Waals surface area contributed by atoms with Crippen LogP contribution in [0.15, 0.2) is 22.7 Å². The van der Waals surface area contributed by atoms with Gasteiger partial charge in [0.15, 0.2) is 0 Å². The largest absolute Gasteiger partial charge is 0.355 e. The second-order valence-electron chi connectivity index (χ2n) is 4.68. The molecular weight excluding hydrogens is 339 g/mol. The summed E-state index contributed by atoms with van der Waals surface area (Å²) >= 11 is 3.09. The minimum absolute atomic E-state index is 0.0182. The first-order valence-corrected chi connectivity index (χ1v) is 7.80. The number of carbonyl (C=O) groups excluding carboxylic acids is 2. The van der Waals surface area contributed by atoms with Crippen molar-refractivity contribution in [2.45, 2.75) is 26.7 Å². The van der Waals surface area contributed by atoms with E-state index in [9.17, 15) is 14.0 Å². The number of hydrogen-bond donors (Lipinski definition) is 1. The molecule has 0 unspecified atom stereocenters. The lowest BCUT2D eigenvalue weighted by molar-refractivity contribution is -0.121. The molecule has 0 saturated heterocycles. The third-order valence-electron chi connectivity index (χ3n) is 2.87. The van der Waals surface area contributed by atoms with E-state index in [4.69, 9.17) is 0 Å². The van der Waals surface area contributed by atoms with Crippen LogP contribution in [0.3, 0.4) is 0 Å². The third kappa shape index (κ3) is 5.12. The van der Waals surface area contributed by atoms with E-state index in [2.05, 4.69) is 21.2 Å². The van der Waals surface area contributed by atoms with Crippen molar-refractivity contribution in [3.8, 4) is 0 Å². The average Bonchev–Trinajstić information content (AvgIpc) is 2.47. The van der Waals surface area contributed by atoms with Crippen LogP contribution in [-0.4, -0.2) is 36.3 Å². The maximum Gasteiger partial charge on any atom is 0.255 e. The molecule has 0 heterocycles. The highest BCUT2D eigenvalue weighted by Gasteiger charge is 2.21. The van der Waals surface area contributed by atoms with Gasteiger partial charge in [0.05, 0.1) is 16.6 Å². The van der Waals surface area contributed by atoms with Crippen LogP contribution in [0.5, 0.6) is 0 Å². The van der Waals surface area contributed by atoms with Gasteiger partial charge in [-0.25, -0.2) is 4.39 Å². The Labute approximate surface area is 132 Å². The number of nitrogens with one attached hydrogen (secondary N) is 1. The molecule has 0 bridgehead atoms. The Hall–Kier alpha value is -1.43. The molecule has 2 amide bonds. The van der Waals surface area contributed by atoms with Gasteiger partial charge in [-0.3, -0.25) is 9.59 Å². The van der Waals surface area contributed by atoms with E-state index in [-0.39, 0.29) is 28.4 Å². The molecule has 1 N–H and O–H groups in total.